The highest BCUT2D eigenvalue weighted by atomic mass is 79.9. The van der Waals surface area contributed by atoms with Crippen LogP contribution in [-0.2, 0) is 0 Å². The van der Waals surface area contributed by atoms with Gasteiger partial charge in [0.1, 0.15) is 11.6 Å². The van der Waals surface area contributed by atoms with E-state index >= 15 is 0 Å². The molecule has 0 aliphatic carbocycles. The van der Waals surface area contributed by atoms with E-state index < -0.39 is 4.92 Å². The fourth-order valence-electron chi connectivity index (χ4n) is 1.74. The molecule has 0 aliphatic rings. The first-order chi connectivity index (χ1) is 10.0. The van der Waals surface area contributed by atoms with Gasteiger partial charge >= 0.3 is 5.69 Å². The van der Waals surface area contributed by atoms with E-state index in [1.54, 1.807) is 25.2 Å². The van der Waals surface area contributed by atoms with Crippen LogP contribution in [0.2, 0.25) is 0 Å². The summed E-state index contributed by atoms with van der Waals surface area (Å²) in [5.41, 5.74) is 0.465. The third-order valence-corrected chi connectivity index (χ3v) is 3.23. The van der Waals surface area contributed by atoms with Crippen LogP contribution in [0.25, 0.3) is 0 Å². The highest BCUT2D eigenvalue weighted by molar-refractivity contribution is 9.10. The van der Waals surface area contributed by atoms with Crippen LogP contribution in [0.1, 0.15) is 0 Å². The van der Waals surface area contributed by atoms with Crippen molar-refractivity contribution >= 4 is 38.9 Å². The molecule has 21 heavy (non-hydrogen) atoms. The SMILES string of the molecule is CNc1ccc([N+](=O)[O-])c(Nc2cc(Br)ccc2OC)n1. The topological polar surface area (TPSA) is 89.3 Å². The zero-order chi connectivity index (χ0) is 15.4. The van der Waals surface area contributed by atoms with Crippen molar-refractivity contribution in [2.45, 2.75) is 0 Å². The normalized spacial score (nSPS) is 10.0. The quantitative estimate of drug-likeness (QED) is 0.631. The number of benzene rings is 1. The van der Waals surface area contributed by atoms with Crippen molar-refractivity contribution in [3.05, 3.63) is 44.9 Å². The van der Waals surface area contributed by atoms with Crippen LogP contribution < -0.4 is 15.4 Å². The van der Waals surface area contributed by atoms with Gasteiger partial charge in [-0.25, -0.2) is 4.98 Å². The van der Waals surface area contributed by atoms with Crippen LogP contribution in [0.3, 0.4) is 0 Å². The first kappa shape index (κ1) is 15.0. The van der Waals surface area contributed by atoms with Gasteiger partial charge < -0.3 is 15.4 Å². The van der Waals surface area contributed by atoms with E-state index in [1.165, 1.54) is 13.2 Å². The van der Waals surface area contributed by atoms with Crippen molar-refractivity contribution in [2.75, 3.05) is 24.8 Å². The molecule has 1 aromatic heterocycles. The summed E-state index contributed by atoms with van der Waals surface area (Å²) < 4.78 is 6.05. The molecule has 0 saturated carbocycles. The molecule has 0 amide bonds. The van der Waals surface area contributed by atoms with E-state index in [0.717, 1.165) is 4.47 Å². The number of anilines is 3. The average Bonchev–Trinajstić information content (AvgIpc) is 2.47. The molecule has 0 saturated heterocycles. The molecule has 110 valence electrons. The van der Waals surface area contributed by atoms with Gasteiger partial charge in [-0.15, -0.1) is 0 Å². The Morgan fingerprint density at radius 2 is 2.10 bits per heavy atom. The molecule has 1 heterocycles. The fraction of sp³-hybridized carbons (Fsp3) is 0.154. The molecule has 7 nitrogen and oxygen atoms in total. The zero-order valence-corrected chi connectivity index (χ0v) is 13.0. The minimum absolute atomic E-state index is 0.115. The largest absolute Gasteiger partial charge is 0.495 e. The Morgan fingerprint density at radius 1 is 1.33 bits per heavy atom. The van der Waals surface area contributed by atoms with Crippen LogP contribution in [0.5, 0.6) is 5.75 Å². The highest BCUT2D eigenvalue weighted by Crippen LogP contribution is 2.33. The van der Waals surface area contributed by atoms with E-state index in [1.807, 2.05) is 6.07 Å². The third-order valence-electron chi connectivity index (χ3n) is 2.74. The summed E-state index contributed by atoms with van der Waals surface area (Å²) in [6, 6.07) is 8.26. The molecule has 2 rings (SSSR count). The lowest BCUT2D eigenvalue weighted by Crippen LogP contribution is -2.03. The molecule has 0 bridgehead atoms. The van der Waals surface area contributed by atoms with Gasteiger partial charge in [0.05, 0.1) is 17.7 Å². The van der Waals surface area contributed by atoms with Gasteiger partial charge in [0.2, 0.25) is 5.82 Å². The van der Waals surface area contributed by atoms with Gasteiger partial charge in [-0.3, -0.25) is 10.1 Å². The number of nitro groups is 1. The summed E-state index contributed by atoms with van der Waals surface area (Å²) in [5, 5.41) is 16.9. The number of rotatable bonds is 5. The molecule has 0 atom stereocenters. The first-order valence-corrected chi connectivity index (χ1v) is 6.78. The van der Waals surface area contributed by atoms with E-state index in [-0.39, 0.29) is 11.5 Å². The Bertz CT molecular complexity index is 678. The predicted octanol–water partition coefficient (Wildman–Crippen LogP) is 3.55. The molecule has 0 fully saturated rings. The number of nitrogens with zero attached hydrogens (tertiary/aromatic N) is 2. The maximum atomic E-state index is 11.1. The highest BCUT2D eigenvalue weighted by Gasteiger charge is 2.17. The molecule has 0 unspecified atom stereocenters. The van der Waals surface area contributed by atoms with Gasteiger partial charge in [0.25, 0.3) is 0 Å². The molecule has 8 heteroatoms. The number of nitrogens with one attached hydrogen (secondary N) is 2. The van der Waals surface area contributed by atoms with E-state index in [2.05, 4.69) is 31.5 Å². The Morgan fingerprint density at radius 3 is 2.71 bits per heavy atom. The Labute approximate surface area is 129 Å². The zero-order valence-electron chi connectivity index (χ0n) is 11.4. The third kappa shape index (κ3) is 3.40. The van der Waals surface area contributed by atoms with Gasteiger partial charge in [-0.2, -0.15) is 0 Å². The first-order valence-electron chi connectivity index (χ1n) is 5.99. The van der Waals surface area contributed by atoms with Crippen molar-refractivity contribution in [3.8, 4) is 5.75 Å². The fourth-order valence-corrected chi connectivity index (χ4v) is 2.10. The number of pyridine rings is 1. The number of hydrogen-bond acceptors (Lipinski definition) is 6. The molecule has 0 radical (unpaired) electrons. The lowest BCUT2D eigenvalue weighted by molar-refractivity contribution is -0.384. The smallest absolute Gasteiger partial charge is 0.311 e. The lowest BCUT2D eigenvalue weighted by atomic mass is 10.3. The van der Waals surface area contributed by atoms with Crippen molar-refractivity contribution in [1.82, 2.24) is 4.98 Å². The molecule has 2 aromatic rings. The van der Waals surface area contributed by atoms with Crippen molar-refractivity contribution in [2.24, 2.45) is 0 Å². The van der Waals surface area contributed by atoms with Gasteiger partial charge in [-0.1, -0.05) is 15.9 Å². The van der Waals surface area contributed by atoms with Crippen LogP contribution in [-0.4, -0.2) is 24.1 Å². The number of hydrogen-bond donors (Lipinski definition) is 2. The van der Waals surface area contributed by atoms with Crippen molar-refractivity contribution in [3.63, 3.8) is 0 Å². The number of methoxy groups -OCH3 is 1. The summed E-state index contributed by atoms with van der Waals surface area (Å²) in [7, 11) is 3.22. The number of ether oxygens (including phenoxy) is 1. The maximum Gasteiger partial charge on any atom is 0.311 e. The molecule has 1 aromatic carbocycles. The van der Waals surface area contributed by atoms with Gasteiger partial charge in [0, 0.05) is 17.6 Å². The molecule has 0 spiro atoms. The lowest BCUT2D eigenvalue weighted by Gasteiger charge is -2.12. The van der Waals surface area contributed by atoms with E-state index in [0.29, 0.717) is 17.3 Å². The number of aromatic nitrogens is 1. The van der Waals surface area contributed by atoms with Gasteiger partial charge in [-0.05, 0) is 24.3 Å². The molecule has 0 aliphatic heterocycles. The average molecular weight is 353 g/mol. The molecular formula is C13H13BrN4O3. The summed E-state index contributed by atoms with van der Waals surface area (Å²) in [4.78, 5) is 14.8. The summed E-state index contributed by atoms with van der Waals surface area (Å²) >= 11 is 3.35. The minimum atomic E-state index is -0.487. The van der Waals surface area contributed by atoms with Crippen LogP contribution >= 0.6 is 15.9 Å². The molecule has 2 N–H and O–H groups in total. The van der Waals surface area contributed by atoms with Crippen LogP contribution in [0.4, 0.5) is 23.0 Å². The second-order valence-electron chi connectivity index (χ2n) is 4.04. The summed E-state index contributed by atoms with van der Waals surface area (Å²) in [6.45, 7) is 0. The van der Waals surface area contributed by atoms with E-state index in [4.69, 9.17) is 4.74 Å². The Hall–Kier alpha value is -2.35. The van der Waals surface area contributed by atoms with Crippen molar-refractivity contribution < 1.29 is 9.66 Å². The van der Waals surface area contributed by atoms with E-state index in [9.17, 15) is 10.1 Å². The standard InChI is InChI=1S/C13H13BrN4O3/c1-15-12-6-4-10(18(19)20)13(17-12)16-9-7-8(14)3-5-11(9)21-2/h3-7H,1-2H3,(H2,15,16,17). The minimum Gasteiger partial charge on any atom is -0.495 e. The Balaban J connectivity index is 2.47. The monoisotopic (exact) mass is 352 g/mol. The molecular weight excluding hydrogens is 340 g/mol. The van der Waals surface area contributed by atoms with Gasteiger partial charge in [0.15, 0.2) is 0 Å². The predicted molar refractivity (Wildman–Crippen MR) is 84.4 cm³/mol. The summed E-state index contributed by atoms with van der Waals surface area (Å²) in [6.07, 6.45) is 0. The Kier molecular flexibility index (Phi) is 4.59. The second-order valence-corrected chi connectivity index (χ2v) is 4.96. The second kappa shape index (κ2) is 6.40. The van der Waals surface area contributed by atoms with Crippen LogP contribution in [0.15, 0.2) is 34.8 Å². The van der Waals surface area contributed by atoms with Crippen LogP contribution in [0, 0.1) is 10.1 Å². The maximum absolute atomic E-state index is 11.1. The summed E-state index contributed by atoms with van der Waals surface area (Å²) in [5.74, 6) is 1.23. The number of halogens is 1. The van der Waals surface area contributed by atoms with Crippen molar-refractivity contribution in [1.29, 1.82) is 0 Å².